The molecule has 106 valence electrons. The van der Waals surface area contributed by atoms with Crippen LogP contribution in [0.3, 0.4) is 0 Å². The third-order valence-corrected chi connectivity index (χ3v) is 3.38. The first-order valence-corrected chi connectivity index (χ1v) is 6.73. The van der Waals surface area contributed by atoms with Crippen LogP contribution in [0.25, 0.3) is 0 Å². The van der Waals surface area contributed by atoms with Crippen molar-refractivity contribution >= 4 is 11.7 Å². The SMILES string of the molecule is Cc1ccccc1C(=O)NNC1=CC(=O)CC(C)(C)C1. The Morgan fingerprint density at radius 2 is 1.90 bits per heavy atom. The molecule has 20 heavy (non-hydrogen) atoms. The summed E-state index contributed by atoms with van der Waals surface area (Å²) >= 11 is 0. The molecule has 4 heteroatoms. The molecule has 0 radical (unpaired) electrons. The molecule has 0 bridgehead atoms. The lowest BCUT2D eigenvalue weighted by Crippen LogP contribution is -2.40. The number of rotatable bonds is 3. The van der Waals surface area contributed by atoms with Crippen LogP contribution in [0, 0.1) is 12.3 Å². The molecule has 0 aromatic heterocycles. The van der Waals surface area contributed by atoms with Crippen molar-refractivity contribution in [2.75, 3.05) is 0 Å². The van der Waals surface area contributed by atoms with Crippen molar-refractivity contribution in [2.24, 2.45) is 5.41 Å². The predicted octanol–water partition coefficient (Wildman–Crippen LogP) is 2.50. The molecule has 0 unspecified atom stereocenters. The molecule has 0 saturated carbocycles. The second kappa shape index (κ2) is 5.49. The molecular formula is C16H20N2O2. The first-order chi connectivity index (χ1) is 9.37. The lowest BCUT2D eigenvalue weighted by atomic mass is 9.79. The van der Waals surface area contributed by atoms with E-state index in [1.54, 1.807) is 12.1 Å². The Bertz CT molecular complexity index is 574. The van der Waals surface area contributed by atoms with Gasteiger partial charge in [-0.1, -0.05) is 32.0 Å². The van der Waals surface area contributed by atoms with Crippen molar-refractivity contribution < 1.29 is 9.59 Å². The van der Waals surface area contributed by atoms with E-state index in [4.69, 9.17) is 0 Å². The zero-order valence-electron chi connectivity index (χ0n) is 12.1. The summed E-state index contributed by atoms with van der Waals surface area (Å²) in [6.45, 7) is 5.98. The number of hydrogen-bond donors (Lipinski definition) is 2. The molecule has 0 saturated heterocycles. The van der Waals surface area contributed by atoms with Crippen LogP contribution in [0.15, 0.2) is 36.0 Å². The molecule has 1 aliphatic carbocycles. The summed E-state index contributed by atoms with van der Waals surface area (Å²) in [6.07, 6.45) is 2.86. The van der Waals surface area contributed by atoms with Gasteiger partial charge in [-0.2, -0.15) is 0 Å². The lowest BCUT2D eigenvalue weighted by Gasteiger charge is -2.29. The van der Waals surface area contributed by atoms with E-state index >= 15 is 0 Å². The van der Waals surface area contributed by atoms with Gasteiger partial charge >= 0.3 is 0 Å². The van der Waals surface area contributed by atoms with E-state index in [1.807, 2.05) is 39.0 Å². The highest BCUT2D eigenvalue weighted by atomic mass is 16.2. The Morgan fingerprint density at radius 1 is 1.20 bits per heavy atom. The van der Waals surface area contributed by atoms with Crippen LogP contribution in [-0.2, 0) is 4.79 Å². The summed E-state index contributed by atoms with van der Waals surface area (Å²) in [5, 5.41) is 0. The van der Waals surface area contributed by atoms with Gasteiger partial charge in [0.15, 0.2) is 5.78 Å². The molecule has 0 heterocycles. The van der Waals surface area contributed by atoms with Gasteiger partial charge in [-0.05, 0) is 30.4 Å². The molecule has 1 amide bonds. The third-order valence-electron chi connectivity index (χ3n) is 3.38. The normalized spacial score (nSPS) is 17.4. The highest BCUT2D eigenvalue weighted by Crippen LogP contribution is 2.32. The monoisotopic (exact) mass is 272 g/mol. The number of ketones is 1. The van der Waals surface area contributed by atoms with Gasteiger partial charge in [-0.25, -0.2) is 0 Å². The van der Waals surface area contributed by atoms with E-state index in [0.717, 1.165) is 17.7 Å². The summed E-state index contributed by atoms with van der Waals surface area (Å²) in [4.78, 5) is 23.7. The summed E-state index contributed by atoms with van der Waals surface area (Å²) in [5.74, 6) is -0.103. The van der Waals surface area contributed by atoms with Crippen LogP contribution in [0.1, 0.15) is 42.6 Å². The second-order valence-electron chi connectivity index (χ2n) is 6.05. The van der Waals surface area contributed by atoms with E-state index in [-0.39, 0.29) is 17.1 Å². The van der Waals surface area contributed by atoms with Crippen molar-refractivity contribution in [3.05, 3.63) is 47.2 Å². The molecule has 1 aromatic carbocycles. The van der Waals surface area contributed by atoms with Gasteiger partial charge in [-0.15, -0.1) is 0 Å². The molecule has 1 aliphatic rings. The number of carbonyl (C=O) groups excluding carboxylic acids is 2. The van der Waals surface area contributed by atoms with Crippen molar-refractivity contribution in [2.45, 2.75) is 33.6 Å². The zero-order chi connectivity index (χ0) is 14.8. The molecule has 4 nitrogen and oxygen atoms in total. The fraction of sp³-hybridized carbons (Fsp3) is 0.375. The summed E-state index contributed by atoms with van der Waals surface area (Å²) in [5.41, 5.74) is 7.77. The maximum Gasteiger partial charge on any atom is 0.269 e. The van der Waals surface area contributed by atoms with Gasteiger partial charge < -0.3 is 5.43 Å². The molecule has 2 rings (SSSR count). The topological polar surface area (TPSA) is 58.2 Å². The maximum atomic E-state index is 12.1. The van der Waals surface area contributed by atoms with Crippen LogP contribution in [0.4, 0.5) is 0 Å². The zero-order valence-corrected chi connectivity index (χ0v) is 12.1. The third kappa shape index (κ3) is 3.47. The second-order valence-corrected chi connectivity index (χ2v) is 6.05. The summed E-state index contributed by atoms with van der Waals surface area (Å²) in [6, 6.07) is 7.39. The van der Waals surface area contributed by atoms with E-state index in [1.165, 1.54) is 0 Å². The minimum Gasteiger partial charge on any atom is -0.302 e. The number of aryl methyl sites for hydroxylation is 1. The van der Waals surface area contributed by atoms with E-state index in [2.05, 4.69) is 10.9 Å². The van der Waals surface area contributed by atoms with E-state index in [9.17, 15) is 9.59 Å². The summed E-state index contributed by atoms with van der Waals surface area (Å²) < 4.78 is 0. The standard InChI is InChI=1S/C16H20N2O2/c1-11-6-4-5-7-14(11)15(20)18-17-12-8-13(19)10-16(2,3)9-12/h4-8,17H,9-10H2,1-3H3,(H,18,20). The Kier molecular flexibility index (Phi) is 3.93. The number of amides is 1. The van der Waals surface area contributed by atoms with Crippen LogP contribution >= 0.6 is 0 Å². The maximum absolute atomic E-state index is 12.1. The lowest BCUT2D eigenvalue weighted by molar-refractivity contribution is -0.117. The highest BCUT2D eigenvalue weighted by molar-refractivity contribution is 5.95. The Hall–Kier alpha value is -2.10. The Morgan fingerprint density at radius 3 is 2.55 bits per heavy atom. The smallest absolute Gasteiger partial charge is 0.269 e. The average molecular weight is 272 g/mol. The van der Waals surface area contributed by atoms with Gasteiger partial charge in [0.25, 0.3) is 5.91 Å². The van der Waals surface area contributed by atoms with Gasteiger partial charge in [-0.3, -0.25) is 15.0 Å². The van der Waals surface area contributed by atoms with Crippen LogP contribution in [-0.4, -0.2) is 11.7 Å². The van der Waals surface area contributed by atoms with Crippen molar-refractivity contribution in [1.29, 1.82) is 0 Å². The van der Waals surface area contributed by atoms with Crippen LogP contribution < -0.4 is 10.9 Å². The van der Waals surface area contributed by atoms with Crippen LogP contribution in [0.2, 0.25) is 0 Å². The largest absolute Gasteiger partial charge is 0.302 e. The molecule has 0 fully saturated rings. The van der Waals surface area contributed by atoms with Crippen LogP contribution in [0.5, 0.6) is 0 Å². The number of allylic oxidation sites excluding steroid dienone is 2. The summed E-state index contributed by atoms with van der Waals surface area (Å²) in [7, 11) is 0. The number of hydrogen-bond acceptors (Lipinski definition) is 3. The Balaban J connectivity index is 2.01. The van der Waals surface area contributed by atoms with Gasteiger partial charge in [0, 0.05) is 23.8 Å². The average Bonchev–Trinajstić information content (AvgIpc) is 2.34. The highest BCUT2D eigenvalue weighted by Gasteiger charge is 2.27. The molecule has 0 spiro atoms. The fourth-order valence-electron chi connectivity index (χ4n) is 2.46. The quantitative estimate of drug-likeness (QED) is 0.831. The fourth-order valence-corrected chi connectivity index (χ4v) is 2.46. The first kappa shape index (κ1) is 14.3. The molecule has 1 aromatic rings. The number of carbonyl (C=O) groups is 2. The number of benzene rings is 1. The van der Waals surface area contributed by atoms with E-state index < -0.39 is 0 Å². The van der Waals surface area contributed by atoms with Crippen molar-refractivity contribution in [1.82, 2.24) is 10.9 Å². The van der Waals surface area contributed by atoms with Crippen molar-refractivity contribution in [3.8, 4) is 0 Å². The molecule has 0 aliphatic heterocycles. The molecule has 0 atom stereocenters. The molecular weight excluding hydrogens is 252 g/mol. The predicted molar refractivity (Wildman–Crippen MR) is 77.9 cm³/mol. The van der Waals surface area contributed by atoms with Gasteiger partial charge in [0.05, 0.1) is 0 Å². The van der Waals surface area contributed by atoms with Gasteiger partial charge in [0.2, 0.25) is 0 Å². The molecule has 2 N–H and O–H groups in total. The number of hydrazine groups is 1. The number of nitrogens with one attached hydrogen (secondary N) is 2. The van der Waals surface area contributed by atoms with E-state index in [0.29, 0.717) is 12.0 Å². The minimum absolute atomic E-state index is 0.0679. The van der Waals surface area contributed by atoms with Gasteiger partial charge in [0.1, 0.15) is 0 Å². The van der Waals surface area contributed by atoms with Crippen molar-refractivity contribution in [3.63, 3.8) is 0 Å². The minimum atomic E-state index is -0.195. The first-order valence-electron chi connectivity index (χ1n) is 6.73. The Labute approximate surface area is 119 Å².